The van der Waals surface area contributed by atoms with E-state index in [-0.39, 0.29) is 11.9 Å². The molecule has 28 aromatic rings. The molecule has 0 aromatic heterocycles. The fourth-order valence-electron chi connectivity index (χ4n) is 25.9. The van der Waals surface area contributed by atoms with Crippen LogP contribution in [0, 0.1) is 0 Å². The number of rotatable bonds is 1. The largest absolute Gasteiger partial charge is 0.368 e. The molecule has 0 radical (unpaired) electrons. The number of nitrogens with zero attached hydrogens (tertiary/aromatic N) is 2. The Kier molecular flexibility index (Phi) is 2.04. The molecule has 7 aliphatic rings. The van der Waals surface area contributed by atoms with Gasteiger partial charge in [-0.25, -0.2) is 0 Å². The van der Waals surface area contributed by atoms with Gasteiger partial charge in [0.1, 0.15) is 17.1 Å². The van der Waals surface area contributed by atoms with E-state index in [0.717, 1.165) is 13.1 Å². The molecule has 3 heterocycles. The van der Waals surface area contributed by atoms with Gasteiger partial charge in [0.25, 0.3) is 0 Å². The molecule has 28 aromatic carbocycles. The van der Waals surface area contributed by atoms with Crippen LogP contribution < -0.4 is 5.73 Å². The van der Waals surface area contributed by atoms with Crippen LogP contribution in [0.2, 0.25) is 0 Å². The molecule has 69 heavy (non-hydrogen) atoms. The molecule has 35 rings (SSSR count). The Hall–Kier alpha value is -8.15. The molecule has 3 fully saturated rings. The number of benzene rings is 18. The van der Waals surface area contributed by atoms with Gasteiger partial charge in [-0.05, 0) is 313 Å². The first kappa shape index (κ1) is 25.3. The van der Waals surface area contributed by atoms with Crippen molar-refractivity contribution in [3.63, 3.8) is 0 Å². The third-order valence-corrected chi connectivity index (χ3v) is 25.8. The van der Waals surface area contributed by atoms with Gasteiger partial charge in [-0.15, -0.1) is 0 Å². The molecule has 2 N–H and O–H groups in total. The first-order valence-electron chi connectivity index (χ1n) is 25.8. The Morgan fingerprint density at radius 2 is 0.449 bits per heavy atom. The van der Waals surface area contributed by atoms with E-state index in [4.69, 9.17) is 5.73 Å². The third kappa shape index (κ3) is 1.29. The summed E-state index contributed by atoms with van der Waals surface area (Å²) < 4.78 is 0. The summed E-state index contributed by atoms with van der Waals surface area (Å²) in [6.45, 7) is 2.49. The summed E-state index contributed by atoms with van der Waals surface area (Å²) in [5.41, 5.74) is 12.3. The minimum absolute atomic E-state index is 0.146. The van der Waals surface area contributed by atoms with Gasteiger partial charge >= 0.3 is 0 Å². The highest BCUT2D eigenvalue weighted by Crippen LogP contribution is 2.86. The van der Waals surface area contributed by atoms with Crippen LogP contribution in [0.25, 0.3) is 291 Å². The third-order valence-electron chi connectivity index (χ3n) is 25.8. The molecule has 3 aliphatic heterocycles. The molecule has 3 saturated heterocycles. The minimum atomic E-state index is -0.589. The van der Waals surface area contributed by atoms with Crippen LogP contribution in [0.3, 0.4) is 0 Å². The Labute approximate surface area is 374 Å². The molecule has 4 nitrogen and oxygen atoms in total. The van der Waals surface area contributed by atoms with Gasteiger partial charge < -0.3 is 5.73 Å². The lowest BCUT2D eigenvalue weighted by Gasteiger charge is -2.70. The van der Waals surface area contributed by atoms with E-state index in [1.165, 1.54) is 0 Å². The van der Waals surface area contributed by atoms with Crippen molar-refractivity contribution in [1.29, 1.82) is 0 Å². The molecule has 4 heteroatoms. The van der Waals surface area contributed by atoms with Gasteiger partial charge in [-0.1, -0.05) is 0 Å². The van der Waals surface area contributed by atoms with Crippen molar-refractivity contribution >= 4 is 297 Å². The van der Waals surface area contributed by atoms with Crippen LogP contribution >= 0.6 is 0 Å². The molecule has 290 valence electrons. The summed E-state index contributed by atoms with van der Waals surface area (Å²) in [6.07, 6.45) is 0. The highest BCUT2D eigenvalue weighted by atomic mass is 16.1. The Bertz CT molecular complexity index is 7050. The molecular formula is C65H9N3O. The van der Waals surface area contributed by atoms with E-state index >= 15 is 0 Å². The first-order chi connectivity index (χ1) is 34.3. The van der Waals surface area contributed by atoms with Crippen molar-refractivity contribution in [2.45, 2.75) is 17.1 Å². The second-order valence-electron chi connectivity index (χ2n) is 25.7. The molecular weight excluding hydrogens is 839 g/mol. The quantitative estimate of drug-likeness (QED) is 0.167. The number of piperazine rings is 3. The summed E-state index contributed by atoms with van der Waals surface area (Å²) in [6, 6.07) is -0.367. The predicted molar refractivity (Wildman–Crippen MR) is 285 cm³/mol. The zero-order chi connectivity index (χ0) is 40.9. The Morgan fingerprint density at radius 1 is 0.275 bits per heavy atom. The van der Waals surface area contributed by atoms with Crippen molar-refractivity contribution in [1.82, 2.24) is 9.80 Å². The number of carbonyl (C=O) groups is 1. The van der Waals surface area contributed by atoms with Crippen LogP contribution in [0.1, 0.15) is 22.3 Å². The molecule has 0 saturated carbocycles. The van der Waals surface area contributed by atoms with Crippen LogP contribution in [-0.4, -0.2) is 41.4 Å². The van der Waals surface area contributed by atoms with Gasteiger partial charge in [0.15, 0.2) is 0 Å². The molecule has 2 spiro atoms. The fourth-order valence-corrected chi connectivity index (χ4v) is 25.9. The standard InChI is InChI=1S/C65H9N3O/c66-63(69)4-3-67-1-2-68(4)65-61-55-49-39-31-21-13-9-6-5-7-11(13)19-27(21)41(49)47-37-29(19)23-15(7)16-8(5)12-14-10(6)18-17(9)25(31)35-36-26(18)32-22(14)28-20(12)30-24(16)34-33(23)43(37)51-52-44(34)38(30)48-42(28)50-40(32)46(36)58(57(61)45(35)39)62(65)56(50)54(48)60(52)64(65,67)59(51)53(47)55/h4H,1-3H2,(H2,66,69)/t4-,64?,65?/m0/s1. The van der Waals surface area contributed by atoms with Crippen LogP contribution in [0.15, 0.2) is 0 Å². The van der Waals surface area contributed by atoms with Crippen molar-refractivity contribution in [2.24, 2.45) is 5.73 Å². The molecule has 1 amide bonds. The molecule has 4 aliphatic carbocycles. The fraction of sp³-hybridized carbons (Fsp3) is 0.0923. The zero-order valence-corrected chi connectivity index (χ0v) is 35.1. The monoisotopic (exact) mass is 847 g/mol. The maximum Gasteiger partial charge on any atom is 0.236 e. The first-order valence-corrected chi connectivity index (χ1v) is 25.8. The van der Waals surface area contributed by atoms with E-state index in [1.807, 2.05) is 0 Å². The summed E-state index contributed by atoms with van der Waals surface area (Å²) in [5, 5.41) is 87.1. The van der Waals surface area contributed by atoms with Crippen molar-refractivity contribution in [3.05, 3.63) is 22.3 Å². The Morgan fingerprint density at radius 3 is 0.638 bits per heavy atom. The lowest BCUT2D eigenvalue weighted by Crippen LogP contribution is -2.81. The average Bonchev–Trinajstić information content (AvgIpc) is 4.25. The second kappa shape index (κ2) is 5.57. The van der Waals surface area contributed by atoms with E-state index in [1.54, 1.807) is 313 Å². The normalized spacial score (nSPS) is 26.8. The highest BCUT2D eigenvalue weighted by Gasteiger charge is 2.77. The number of carbonyl (C=O) groups excluding carboxylic acids is 1. The highest BCUT2D eigenvalue weighted by molar-refractivity contribution is 6.82. The molecule has 2 unspecified atom stereocenters. The van der Waals surface area contributed by atoms with Crippen molar-refractivity contribution in [2.75, 3.05) is 19.6 Å². The zero-order valence-electron chi connectivity index (χ0n) is 35.1. The lowest BCUT2D eigenvalue weighted by atomic mass is 9.53. The maximum atomic E-state index is 14.6. The van der Waals surface area contributed by atoms with E-state index < -0.39 is 11.1 Å². The summed E-state index contributed by atoms with van der Waals surface area (Å²) in [7, 11) is 0. The van der Waals surface area contributed by atoms with Crippen molar-refractivity contribution in [3.8, 4) is 0 Å². The minimum Gasteiger partial charge on any atom is -0.368 e. The Balaban J connectivity index is 1.21. The number of fused-ring (bicyclic) bond motifs is 2. The summed E-state index contributed by atoms with van der Waals surface area (Å²) in [5.74, 6) is -0.146. The van der Waals surface area contributed by atoms with Crippen LogP contribution in [-0.2, 0) is 15.9 Å². The van der Waals surface area contributed by atoms with Gasteiger partial charge in [0, 0.05) is 19.6 Å². The summed E-state index contributed by atoms with van der Waals surface area (Å²) >= 11 is 0. The van der Waals surface area contributed by atoms with Gasteiger partial charge in [-0.3, -0.25) is 14.6 Å². The number of primary amides is 1. The van der Waals surface area contributed by atoms with E-state index in [2.05, 4.69) is 9.80 Å². The van der Waals surface area contributed by atoms with Gasteiger partial charge in [-0.2, -0.15) is 0 Å². The molecule has 3 atom stereocenters. The number of nitrogens with two attached hydrogens (primary N) is 1. The van der Waals surface area contributed by atoms with Crippen LogP contribution in [0.4, 0.5) is 0 Å². The van der Waals surface area contributed by atoms with E-state index in [9.17, 15) is 4.79 Å². The van der Waals surface area contributed by atoms with Gasteiger partial charge in [0.2, 0.25) is 5.91 Å². The SMILES string of the molecule is NC(=O)[C@@H]1CN2CCN1C13c4c5c6c7c8c9c(c%10c%11c1c1c4c4c%12c5c5c6c6c8c8c%13c9c9c%10c%10c%11c%11c1c1c4c4c%12c%12c5c5c6c8c6c8c%13c9c9c%10c%10c%11c1c1c4c4c%12c5c6c5c8c9c%10c1c45)C723. The predicted octanol–water partition coefficient (Wildman–Crippen LogP) is 14.7. The topological polar surface area (TPSA) is 49.6 Å². The van der Waals surface area contributed by atoms with E-state index in [0.29, 0.717) is 6.54 Å². The van der Waals surface area contributed by atoms with Gasteiger partial charge in [0.05, 0.1) is 0 Å². The summed E-state index contributed by atoms with van der Waals surface area (Å²) in [4.78, 5) is 20.4. The molecule has 2 bridgehead atoms. The number of hydrogen-bond donors (Lipinski definition) is 1. The number of amides is 1. The smallest absolute Gasteiger partial charge is 0.236 e. The van der Waals surface area contributed by atoms with Crippen LogP contribution in [0.5, 0.6) is 0 Å². The average molecular weight is 848 g/mol. The van der Waals surface area contributed by atoms with Crippen molar-refractivity contribution < 1.29 is 4.79 Å². The maximum absolute atomic E-state index is 14.6. The lowest BCUT2D eigenvalue weighted by molar-refractivity contribution is -0.169. The second-order valence-corrected chi connectivity index (χ2v) is 25.7. The number of hydrogen-bond acceptors (Lipinski definition) is 3.